The second kappa shape index (κ2) is 2.68. The van der Waals surface area contributed by atoms with Gasteiger partial charge in [0.25, 0.3) is 0 Å². The summed E-state index contributed by atoms with van der Waals surface area (Å²) < 4.78 is 0. The van der Waals surface area contributed by atoms with Crippen molar-refractivity contribution in [2.45, 2.75) is 18.1 Å². The van der Waals surface area contributed by atoms with Crippen LogP contribution in [0, 0.1) is 0 Å². The van der Waals surface area contributed by atoms with Crippen molar-refractivity contribution in [2.24, 2.45) is 0 Å². The lowest BCUT2D eigenvalue weighted by atomic mass is 10.4. The second-order valence-corrected chi connectivity index (χ2v) is 3.10. The molecule has 0 aliphatic heterocycles. The van der Waals surface area contributed by atoms with Crippen molar-refractivity contribution >= 4 is 22.5 Å². The van der Waals surface area contributed by atoms with Crippen molar-refractivity contribution in [3.8, 4) is 0 Å². The Balaban J connectivity index is 2.28. The summed E-state index contributed by atoms with van der Waals surface area (Å²) in [4.78, 5) is 0. The van der Waals surface area contributed by atoms with Crippen LogP contribution in [-0.4, -0.2) is 5.25 Å². The van der Waals surface area contributed by atoms with E-state index in [0.29, 0.717) is 5.25 Å². The minimum absolute atomic E-state index is 0.698. The maximum absolute atomic E-state index is 4.08. The van der Waals surface area contributed by atoms with E-state index in [1.54, 1.807) is 10.8 Å². The van der Waals surface area contributed by atoms with E-state index in [4.69, 9.17) is 0 Å². The zero-order chi connectivity index (χ0) is 5.11. The third-order valence-corrected chi connectivity index (χ3v) is 2.58. The van der Waals surface area contributed by atoms with Crippen molar-refractivity contribution in [2.75, 3.05) is 0 Å². The number of hydrogen-bond donors (Lipinski definition) is 1. The first kappa shape index (κ1) is 5.57. The molecule has 0 aromatic carbocycles. The van der Waals surface area contributed by atoms with E-state index in [-0.39, 0.29) is 0 Å². The molecule has 0 nitrogen and oxygen atoms in total. The quantitative estimate of drug-likeness (QED) is 0.324. The Kier molecular flexibility index (Phi) is 2.13. The van der Waals surface area contributed by atoms with Crippen molar-refractivity contribution < 1.29 is 0 Å². The number of thiol groups is 1. The van der Waals surface area contributed by atoms with Gasteiger partial charge < -0.3 is 0 Å². The molecular weight excluding hydrogens is 124 g/mol. The second-order valence-electron chi connectivity index (χ2n) is 1.65. The van der Waals surface area contributed by atoms with Crippen LogP contribution in [0.25, 0.3) is 0 Å². The van der Waals surface area contributed by atoms with Crippen LogP contribution in [0.2, 0.25) is 0 Å². The van der Waals surface area contributed by atoms with E-state index in [9.17, 15) is 0 Å². The first-order valence-electron chi connectivity index (χ1n) is 2.40. The van der Waals surface area contributed by atoms with Crippen LogP contribution in [-0.2, 0) is 0 Å². The summed E-state index contributed by atoms with van der Waals surface area (Å²) in [7, 11) is 1.64. The average Bonchev–Trinajstić information content (AvgIpc) is 2.14. The Hall–Kier alpha value is 0.440. The highest BCUT2D eigenvalue weighted by Gasteiger charge is 2.05. The molecule has 1 aliphatic carbocycles. The van der Waals surface area contributed by atoms with E-state index in [2.05, 4.69) is 23.8 Å². The van der Waals surface area contributed by atoms with E-state index < -0.39 is 0 Å². The van der Waals surface area contributed by atoms with Gasteiger partial charge in [-0.05, 0) is 12.8 Å². The predicted molar refractivity (Wildman–Crippen MR) is 38.7 cm³/mol. The van der Waals surface area contributed by atoms with E-state index in [1.807, 2.05) is 0 Å². The van der Waals surface area contributed by atoms with Gasteiger partial charge in [-0.1, -0.05) is 22.9 Å². The lowest BCUT2D eigenvalue weighted by Crippen LogP contribution is -1.85. The van der Waals surface area contributed by atoms with Crippen LogP contribution in [0.15, 0.2) is 12.2 Å². The first-order chi connectivity index (χ1) is 3.43. The molecule has 0 fully saturated rings. The summed E-state index contributed by atoms with van der Waals surface area (Å²) in [6, 6.07) is 0. The summed E-state index contributed by atoms with van der Waals surface area (Å²) >= 11 is 4.08. The monoisotopic (exact) mass is 132 g/mol. The lowest BCUT2D eigenvalue weighted by molar-refractivity contribution is 0.948. The molecular formula is C5H8S2. The summed E-state index contributed by atoms with van der Waals surface area (Å²) in [6.07, 6.45) is 6.97. The summed E-state index contributed by atoms with van der Waals surface area (Å²) in [6.45, 7) is 0. The zero-order valence-corrected chi connectivity index (χ0v) is 5.71. The maximum atomic E-state index is 4.08. The fourth-order valence-electron chi connectivity index (χ4n) is 0.693. The van der Waals surface area contributed by atoms with Gasteiger partial charge in [0, 0.05) is 5.25 Å². The molecule has 1 aliphatic rings. The normalized spacial score (nSPS) is 29.0. The zero-order valence-electron chi connectivity index (χ0n) is 4.00. The molecule has 0 saturated carbocycles. The molecule has 40 valence electrons. The SMILES string of the molecule is SSC1C=CCC1. The molecule has 0 heterocycles. The molecule has 0 aromatic rings. The van der Waals surface area contributed by atoms with Gasteiger partial charge in [-0.25, -0.2) is 0 Å². The highest BCUT2D eigenvalue weighted by Crippen LogP contribution is 2.25. The van der Waals surface area contributed by atoms with E-state index in [1.165, 1.54) is 12.8 Å². The minimum Gasteiger partial charge on any atom is -0.111 e. The van der Waals surface area contributed by atoms with E-state index >= 15 is 0 Å². The van der Waals surface area contributed by atoms with Gasteiger partial charge in [0.2, 0.25) is 0 Å². The van der Waals surface area contributed by atoms with Crippen LogP contribution in [0.1, 0.15) is 12.8 Å². The number of rotatable bonds is 1. The molecule has 0 spiro atoms. The molecule has 2 heteroatoms. The molecule has 0 radical (unpaired) electrons. The number of hydrogen-bond acceptors (Lipinski definition) is 2. The van der Waals surface area contributed by atoms with Gasteiger partial charge in [0.05, 0.1) is 0 Å². The van der Waals surface area contributed by atoms with Crippen LogP contribution in [0.3, 0.4) is 0 Å². The smallest absolute Gasteiger partial charge is 0.0331 e. The Morgan fingerprint density at radius 2 is 2.57 bits per heavy atom. The Morgan fingerprint density at radius 3 is 2.86 bits per heavy atom. The third-order valence-electron chi connectivity index (χ3n) is 1.10. The highest BCUT2D eigenvalue weighted by atomic mass is 33.1. The van der Waals surface area contributed by atoms with Gasteiger partial charge >= 0.3 is 0 Å². The van der Waals surface area contributed by atoms with Crippen LogP contribution in [0.5, 0.6) is 0 Å². The first-order valence-corrected chi connectivity index (χ1v) is 4.33. The maximum Gasteiger partial charge on any atom is 0.0331 e. The third kappa shape index (κ3) is 1.42. The topological polar surface area (TPSA) is 0 Å². The average molecular weight is 132 g/mol. The Morgan fingerprint density at radius 1 is 1.71 bits per heavy atom. The molecule has 0 N–H and O–H groups in total. The highest BCUT2D eigenvalue weighted by molar-refractivity contribution is 8.68. The molecule has 0 saturated heterocycles. The standard InChI is InChI=1S/C5H8S2/c6-7-5-3-1-2-4-5/h1,3,5-6H,2,4H2. The largest absolute Gasteiger partial charge is 0.111 e. The molecule has 1 rings (SSSR count). The van der Waals surface area contributed by atoms with Crippen LogP contribution >= 0.6 is 22.5 Å². The van der Waals surface area contributed by atoms with Crippen molar-refractivity contribution in [1.29, 1.82) is 0 Å². The molecule has 1 unspecified atom stereocenters. The Labute approximate surface area is 53.2 Å². The summed E-state index contributed by atoms with van der Waals surface area (Å²) in [5.74, 6) is 0. The molecule has 1 atom stereocenters. The minimum atomic E-state index is 0.698. The number of allylic oxidation sites excluding steroid dienone is 1. The fraction of sp³-hybridized carbons (Fsp3) is 0.600. The van der Waals surface area contributed by atoms with Crippen LogP contribution < -0.4 is 0 Å². The predicted octanol–water partition coefficient (Wildman–Crippen LogP) is 2.28. The Bertz CT molecular complexity index is 78.1. The van der Waals surface area contributed by atoms with Gasteiger partial charge in [-0.15, -0.1) is 11.7 Å². The molecule has 7 heavy (non-hydrogen) atoms. The molecule has 0 amide bonds. The summed E-state index contributed by atoms with van der Waals surface area (Å²) in [5.41, 5.74) is 0. The lowest BCUT2D eigenvalue weighted by Gasteiger charge is -1.96. The van der Waals surface area contributed by atoms with Gasteiger partial charge in [-0.2, -0.15) is 0 Å². The summed E-state index contributed by atoms with van der Waals surface area (Å²) in [5, 5.41) is 0.698. The van der Waals surface area contributed by atoms with Crippen molar-refractivity contribution in [3.63, 3.8) is 0 Å². The van der Waals surface area contributed by atoms with Gasteiger partial charge in [-0.3, -0.25) is 0 Å². The van der Waals surface area contributed by atoms with E-state index in [0.717, 1.165) is 0 Å². The van der Waals surface area contributed by atoms with Crippen LogP contribution in [0.4, 0.5) is 0 Å². The van der Waals surface area contributed by atoms with Crippen molar-refractivity contribution in [1.82, 2.24) is 0 Å². The fourth-order valence-corrected chi connectivity index (χ4v) is 1.64. The van der Waals surface area contributed by atoms with Gasteiger partial charge in [0.15, 0.2) is 0 Å². The molecule has 0 aromatic heterocycles. The van der Waals surface area contributed by atoms with Crippen molar-refractivity contribution in [3.05, 3.63) is 12.2 Å². The van der Waals surface area contributed by atoms with Gasteiger partial charge in [0.1, 0.15) is 0 Å². The molecule has 0 bridgehead atoms.